The van der Waals surface area contributed by atoms with Crippen LogP contribution in [0, 0.1) is 0 Å². The largest absolute Gasteiger partial charge is 0.457 e. The number of amides is 2. The van der Waals surface area contributed by atoms with E-state index in [4.69, 9.17) is 9.47 Å². The second-order valence-electron chi connectivity index (χ2n) is 9.40. The van der Waals surface area contributed by atoms with Crippen LogP contribution in [0.4, 0.5) is 5.69 Å². The van der Waals surface area contributed by atoms with E-state index >= 15 is 0 Å². The molecule has 1 aliphatic heterocycles. The Labute approximate surface area is 253 Å². The molecule has 228 valence electrons. The van der Waals surface area contributed by atoms with E-state index in [1.807, 2.05) is 92.0 Å². The normalized spacial score (nSPS) is 12.4. The number of unbranched alkanes of at least 4 members (excludes halogenated alkanes) is 3. The third-order valence-corrected chi connectivity index (χ3v) is 6.17. The number of imide groups is 1. The second kappa shape index (κ2) is 21.2. The Hall–Kier alpha value is -4.60. The van der Waals surface area contributed by atoms with E-state index in [0.29, 0.717) is 26.2 Å². The summed E-state index contributed by atoms with van der Waals surface area (Å²) in [6, 6.07) is 27.3. The molecule has 0 aromatic heterocycles. The van der Waals surface area contributed by atoms with Gasteiger partial charge in [-0.1, -0.05) is 55.0 Å². The summed E-state index contributed by atoms with van der Waals surface area (Å²) in [7, 11) is 3.64. The summed E-state index contributed by atoms with van der Waals surface area (Å²) in [5.41, 5.74) is 2.20. The first-order chi connectivity index (χ1) is 21.0. The van der Waals surface area contributed by atoms with Crippen LogP contribution in [0.25, 0.3) is 0 Å². The molecular weight excluding hydrogens is 546 g/mol. The summed E-state index contributed by atoms with van der Waals surface area (Å²) in [6.45, 7) is 1.42. The number of nitrogens with one attached hydrogen (secondary N) is 2. The molecule has 0 aliphatic carbocycles. The van der Waals surface area contributed by atoms with E-state index < -0.39 is 0 Å². The molecule has 0 fully saturated rings. The lowest BCUT2D eigenvalue weighted by Gasteiger charge is -2.12. The lowest BCUT2D eigenvalue weighted by Crippen LogP contribution is -2.31. The Morgan fingerprint density at radius 2 is 1.37 bits per heavy atom. The monoisotopic (exact) mass is 587 g/mol. The predicted molar refractivity (Wildman–Crippen MR) is 168 cm³/mol. The fourth-order valence-corrected chi connectivity index (χ4v) is 3.71. The molecule has 1 aliphatic rings. The average Bonchev–Trinajstić information content (AvgIpc) is 3.37. The van der Waals surface area contributed by atoms with Crippen molar-refractivity contribution < 1.29 is 28.7 Å². The van der Waals surface area contributed by atoms with Crippen molar-refractivity contribution in [3.8, 4) is 11.5 Å². The smallest absolute Gasteiger partial charge is 0.253 e. The molecule has 0 spiro atoms. The molecule has 1 heterocycles. The molecule has 4 rings (SSSR count). The molecule has 0 radical (unpaired) electrons. The van der Waals surface area contributed by atoms with E-state index in [2.05, 4.69) is 10.6 Å². The van der Waals surface area contributed by atoms with Gasteiger partial charge in [-0.15, -0.1) is 0 Å². The van der Waals surface area contributed by atoms with Crippen LogP contribution in [0.1, 0.15) is 31.2 Å². The van der Waals surface area contributed by atoms with Crippen molar-refractivity contribution in [1.82, 2.24) is 10.2 Å². The zero-order chi connectivity index (χ0) is 31.1. The van der Waals surface area contributed by atoms with Gasteiger partial charge < -0.3 is 29.7 Å². The maximum Gasteiger partial charge on any atom is 0.253 e. The molecule has 1 atom stereocenters. The Morgan fingerprint density at radius 1 is 0.767 bits per heavy atom. The van der Waals surface area contributed by atoms with Crippen molar-refractivity contribution in [3.05, 3.63) is 103 Å². The van der Waals surface area contributed by atoms with Gasteiger partial charge in [-0.3, -0.25) is 14.5 Å². The Morgan fingerprint density at radius 3 is 1.93 bits per heavy atom. The fraction of sp³-hybridized carbons (Fsp3) is 0.294. The van der Waals surface area contributed by atoms with Crippen LogP contribution in [-0.4, -0.2) is 62.6 Å². The number of hydrogen-bond donors (Lipinski definition) is 2. The number of rotatable bonds is 15. The Kier molecular flexibility index (Phi) is 17.0. The number of carbonyl (C=O) groups excluding carboxylic acids is 4. The van der Waals surface area contributed by atoms with Gasteiger partial charge in [0.2, 0.25) is 0 Å². The highest BCUT2D eigenvalue weighted by atomic mass is 16.5. The Bertz CT molecular complexity index is 1230. The zero-order valence-electron chi connectivity index (χ0n) is 24.8. The van der Waals surface area contributed by atoms with Crippen LogP contribution in [-0.2, 0) is 30.5 Å². The molecule has 0 saturated carbocycles. The predicted octanol–water partition coefficient (Wildman–Crippen LogP) is 5.18. The highest BCUT2D eigenvalue weighted by Crippen LogP contribution is 2.22. The van der Waals surface area contributed by atoms with Crippen molar-refractivity contribution in [1.29, 1.82) is 0 Å². The number of hydrogen-bond acceptors (Lipinski definition) is 8. The number of benzene rings is 3. The van der Waals surface area contributed by atoms with E-state index in [9.17, 15) is 19.2 Å². The van der Waals surface area contributed by atoms with Gasteiger partial charge in [-0.05, 0) is 61.9 Å². The molecule has 0 bridgehead atoms. The minimum absolute atomic E-state index is 0.210. The van der Waals surface area contributed by atoms with Crippen LogP contribution in [0.15, 0.2) is 97.1 Å². The summed E-state index contributed by atoms with van der Waals surface area (Å²) in [5.74, 6) is 1.24. The topological polar surface area (TPSA) is 114 Å². The number of anilines is 1. The highest BCUT2D eigenvalue weighted by molar-refractivity contribution is 6.12. The maximum atomic E-state index is 11.1. The van der Waals surface area contributed by atoms with E-state index in [1.165, 1.54) is 17.1 Å². The molecule has 1 unspecified atom stereocenters. The van der Waals surface area contributed by atoms with E-state index in [-0.39, 0.29) is 17.9 Å². The minimum Gasteiger partial charge on any atom is -0.457 e. The van der Waals surface area contributed by atoms with Crippen LogP contribution in [0.5, 0.6) is 11.5 Å². The van der Waals surface area contributed by atoms with Crippen molar-refractivity contribution >= 4 is 30.1 Å². The summed E-state index contributed by atoms with van der Waals surface area (Å²) in [5, 5.41) is 5.91. The third kappa shape index (κ3) is 14.2. The number of aldehydes is 2. The van der Waals surface area contributed by atoms with Gasteiger partial charge in [0.15, 0.2) is 0 Å². The van der Waals surface area contributed by atoms with Gasteiger partial charge in [0.25, 0.3) is 11.8 Å². The van der Waals surface area contributed by atoms with Crippen LogP contribution in [0.2, 0.25) is 0 Å². The molecule has 2 amide bonds. The first-order valence-electron chi connectivity index (χ1n) is 14.2. The lowest BCUT2D eigenvalue weighted by molar-refractivity contribution is -0.136. The Balaban J connectivity index is 0.000000225. The van der Waals surface area contributed by atoms with Gasteiger partial charge in [-0.25, -0.2) is 0 Å². The van der Waals surface area contributed by atoms with E-state index in [0.717, 1.165) is 54.6 Å². The highest BCUT2D eigenvalue weighted by Gasteiger charge is 2.21. The van der Waals surface area contributed by atoms with Gasteiger partial charge in [0, 0.05) is 37.9 Å². The van der Waals surface area contributed by atoms with Gasteiger partial charge in [0.1, 0.15) is 24.1 Å². The number of ether oxygens (including phenoxy) is 2. The van der Waals surface area contributed by atoms with Crippen molar-refractivity contribution in [3.63, 3.8) is 0 Å². The van der Waals surface area contributed by atoms with Crippen molar-refractivity contribution in [2.75, 3.05) is 32.6 Å². The molecule has 3 aromatic carbocycles. The number of likely N-dealkylation sites (N-methyl/N-ethyl adjacent to an activating group) is 1. The second-order valence-corrected chi connectivity index (χ2v) is 9.40. The quantitative estimate of drug-likeness (QED) is 0.142. The van der Waals surface area contributed by atoms with E-state index in [1.54, 1.807) is 7.05 Å². The average molecular weight is 588 g/mol. The first kappa shape index (κ1) is 34.6. The van der Waals surface area contributed by atoms with Gasteiger partial charge in [-0.2, -0.15) is 0 Å². The summed E-state index contributed by atoms with van der Waals surface area (Å²) < 4.78 is 11.0. The summed E-state index contributed by atoms with van der Waals surface area (Å²) in [6.07, 6.45) is 7.33. The molecule has 43 heavy (non-hydrogen) atoms. The molecular formula is C34H41N3O6. The number of nitrogens with zero attached hydrogens (tertiary/aromatic N) is 1. The van der Waals surface area contributed by atoms with Crippen LogP contribution in [0.3, 0.4) is 0 Å². The number of carbonyl (C=O) groups is 4. The molecule has 9 heteroatoms. The van der Waals surface area contributed by atoms with Crippen LogP contribution < -0.4 is 15.4 Å². The lowest BCUT2D eigenvalue weighted by atomic mass is 10.2. The first-order valence-corrected chi connectivity index (χ1v) is 14.2. The molecule has 9 nitrogen and oxygen atoms in total. The standard InChI is InChI=1S/C13H13NO.C11H15NO2.C10H13NO3/c1-14-11-7-9-13(10-8-11)15-12-5-3-2-4-6-12;1-12-11(7-13)9-14-8-10-5-3-2-4-6-10;12-8-4-2-1-3-7-11-9(13)5-6-10(11)14/h2-10,14H,1H3;2-7,11-12H,8-9H2,1H3;5-6,8H,1-4,7H2. The maximum absolute atomic E-state index is 11.1. The fourth-order valence-electron chi connectivity index (χ4n) is 3.71. The molecule has 0 saturated heterocycles. The van der Waals surface area contributed by atoms with Crippen molar-refractivity contribution in [2.24, 2.45) is 0 Å². The minimum atomic E-state index is -0.231. The molecule has 2 N–H and O–H groups in total. The zero-order valence-corrected chi connectivity index (χ0v) is 24.8. The summed E-state index contributed by atoms with van der Waals surface area (Å²) >= 11 is 0. The van der Waals surface area contributed by atoms with Gasteiger partial charge >= 0.3 is 0 Å². The van der Waals surface area contributed by atoms with Crippen molar-refractivity contribution in [2.45, 2.75) is 38.3 Å². The SMILES string of the molecule is CNC(C=O)COCc1ccccc1.CNc1ccc(Oc2ccccc2)cc1.O=CCCCCCN1C(=O)C=CC1=O. The summed E-state index contributed by atoms with van der Waals surface area (Å²) in [4.78, 5) is 43.8. The van der Waals surface area contributed by atoms with Gasteiger partial charge in [0.05, 0.1) is 19.3 Å². The third-order valence-electron chi connectivity index (χ3n) is 6.17. The number of para-hydroxylation sites is 1. The van der Waals surface area contributed by atoms with Crippen LogP contribution >= 0.6 is 0 Å². The molecule has 3 aromatic rings.